The van der Waals surface area contributed by atoms with Gasteiger partial charge in [0.25, 0.3) is 5.91 Å². The maximum absolute atomic E-state index is 12.8. The Labute approximate surface area is 137 Å². The van der Waals surface area contributed by atoms with Crippen LogP contribution in [0.5, 0.6) is 5.75 Å². The number of hydrogen-bond acceptors (Lipinski definition) is 2. The number of fused-ring (bicyclic) bond motifs is 2. The van der Waals surface area contributed by atoms with E-state index in [-0.39, 0.29) is 24.3 Å². The molecule has 3 nitrogen and oxygen atoms in total. The second kappa shape index (κ2) is 6.23. The molecule has 3 rings (SSSR count). The Bertz CT molecular complexity index is 605. The summed E-state index contributed by atoms with van der Waals surface area (Å²) in [5, 5.41) is 2.53. The van der Waals surface area contributed by atoms with Gasteiger partial charge in [0, 0.05) is 6.04 Å². The molecule has 1 aromatic rings. The Morgan fingerprint density at radius 1 is 1.30 bits per heavy atom. The molecule has 126 valence electrons. The molecule has 1 N–H and O–H groups in total. The Morgan fingerprint density at radius 3 is 2.70 bits per heavy atom. The van der Waals surface area contributed by atoms with Crippen molar-refractivity contribution >= 4 is 17.5 Å². The molecule has 23 heavy (non-hydrogen) atoms. The molecule has 2 fully saturated rings. The molecule has 0 spiro atoms. The lowest BCUT2D eigenvalue weighted by atomic mass is 9.95. The fourth-order valence-corrected chi connectivity index (χ4v) is 3.85. The van der Waals surface area contributed by atoms with Crippen LogP contribution in [0.25, 0.3) is 0 Å². The molecule has 2 bridgehead atoms. The molecule has 7 heteroatoms. The van der Waals surface area contributed by atoms with Crippen LogP contribution in [0.1, 0.15) is 31.2 Å². The monoisotopic (exact) mass is 347 g/mol. The van der Waals surface area contributed by atoms with Crippen molar-refractivity contribution in [1.82, 2.24) is 5.32 Å². The summed E-state index contributed by atoms with van der Waals surface area (Å²) >= 11 is 5.54. The average molecular weight is 348 g/mol. The second-order valence-corrected chi connectivity index (χ2v) is 6.68. The van der Waals surface area contributed by atoms with Gasteiger partial charge >= 0.3 is 6.18 Å². The van der Waals surface area contributed by atoms with E-state index in [1.165, 1.54) is 12.5 Å². The van der Waals surface area contributed by atoms with Crippen LogP contribution in [0.4, 0.5) is 13.2 Å². The van der Waals surface area contributed by atoms with Gasteiger partial charge in [-0.15, -0.1) is 0 Å². The summed E-state index contributed by atoms with van der Waals surface area (Å²) in [5.74, 6) is 0.920. The number of nitrogens with one attached hydrogen (secondary N) is 1. The van der Waals surface area contributed by atoms with Crippen molar-refractivity contribution < 1.29 is 22.7 Å². The van der Waals surface area contributed by atoms with E-state index < -0.39 is 16.8 Å². The zero-order valence-electron chi connectivity index (χ0n) is 12.3. The summed E-state index contributed by atoms with van der Waals surface area (Å²) in [5.41, 5.74) is -0.967. The fraction of sp³-hybridized carbons (Fsp3) is 0.562. The molecule has 0 heterocycles. The number of hydrogen-bond donors (Lipinski definition) is 1. The van der Waals surface area contributed by atoms with E-state index in [2.05, 4.69) is 5.32 Å². The van der Waals surface area contributed by atoms with E-state index in [1.807, 2.05) is 0 Å². The van der Waals surface area contributed by atoms with Crippen LogP contribution in [0.3, 0.4) is 0 Å². The maximum atomic E-state index is 12.8. The summed E-state index contributed by atoms with van der Waals surface area (Å²) in [7, 11) is 0. The molecular weight excluding hydrogens is 331 g/mol. The molecule has 0 unspecified atom stereocenters. The number of ether oxygens (including phenoxy) is 1. The topological polar surface area (TPSA) is 38.3 Å². The highest BCUT2D eigenvalue weighted by atomic mass is 35.5. The summed E-state index contributed by atoms with van der Waals surface area (Å²) in [6.07, 6.45) is -0.0174. The highest BCUT2D eigenvalue weighted by Gasteiger charge is 2.40. The Balaban J connectivity index is 1.55. The van der Waals surface area contributed by atoms with Gasteiger partial charge in [-0.05, 0) is 49.3 Å². The number of halogens is 4. The van der Waals surface area contributed by atoms with Crippen molar-refractivity contribution in [1.29, 1.82) is 0 Å². The van der Waals surface area contributed by atoms with Gasteiger partial charge in [-0.25, -0.2) is 0 Å². The number of benzene rings is 1. The fourth-order valence-electron chi connectivity index (χ4n) is 3.63. The normalized spacial score (nSPS) is 26.3. The molecule has 1 amide bonds. The van der Waals surface area contributed by atoms with E-state index in [4.69, 9.17) is 16.3 Å². The lowest BCUT2D eigenvalue weighted by Crippen LogP contribution is -2.40. The molecule has 1 aromatic carbocycles. The van der Waals surface area contributed by atoms with Crippen molar-refractivity contribution in [3.05, 3.63) is 28.8 Å². The summed E-state index contributed by atoms with van der Waals surface area (Å²) < 4.78 is 43.5. The molecule has 0 aromatic heterocycles. The largest absolute Gasteiger partial charge is 0.484 e. The molecule has 2 aliphatic rings. The zero-order chi connectivity index (χ0) is 16.6. The minimum atomic E-state index is -4.55. The molecule has 0 saturated heterocycles. The Hall–Kier alpha value is -1.43. The molecule has 2 aliphatic carbocycles. The van der Waals surface area contributed by atoms with Crippen molar-refractivity contribution in [2.75, 3.05) is 6.61 Å². The molecule has 0 aliphatic heterocycles. The van der Waals surface area contributed by atoms with E-state index in [0.29, 0.717) is 11.8 Å². The second-order valence-electron chi connectivity index (χ2n) is 6.28. The van der Waals surface area contributed by atoms with Gasteiger partial charge in [0.2, 0.25) is 0 Å². The Morgan fingerprint density at radius 2 is 2.09 bits per heavy atom. The third-order valence-electron chi connectivity index (χ3n) is 4.70. The molecule has 0 radical (unpaired) electrons. The van der Waals surface area contributed by atoms with Crippen LogP contribution in [0.2, 0.25) is 5.02 Å². The number of alkyl halides is 3. The highest BCUT2D eigenvalue weighted by Crippen LogP contribution is 2.44. The summed E-state index contributed by atoms with van der Waals surface area (Å²) in [6, 6.07) is 3.43. The summed E-state index contributed by atoms with van der Waals surface area (Å²) in [4.78, 5) is 11.9. The smallest absolute Gasteiger partial charge is 0.417 e. The number of carbonyl (C=O) groups excluding carboxylic acids is 1. The standard InChI is InChI=1S/C16H17ClF3NO2/c17-13-4-3-11(7-12(13)16(18,19)20)23-8-15(22)21-14-6-9-1-2-10(14)5-9/h3-4,7,9-10,14H,1-2,5-6,8H2,(H,21,22)/t9-,10+,14-/m0/s1. The number of carbonyl (C=O) groups is 1. The maximum Gasteiger partial charge on any atom is 0.417 e. The van der Waals surface area contributed by atoms with Gasteiger partial charge in [0.05, 0.1) is 10.6 Å². The van der Waals surface area contributed by atoms with Gasteiger partial charge in [0.1, 0.15) is 5.75 Å². The predicted octanol–water partition coefficient (Wildman–Crippen LogP) is 4.04. The third kappa shape index (κ3) is 3.74. The quantitative estimate of drug-likeness (QED) is 0.892. The van der Waals surface area contributed by atoms with E-state index in [1.54, 1.807) is 0 Å². The zero-order valence-corrected chi connectivity index (χ0v) is 13.1. The van der Waals surface area contributed by atoms with Gasteiger partial charge < -0.3 is 10.1 Å². The molecule has 3 atom stereocenters. The van der Waals surface area contributed by atoms with E-state index in [9.17, 15) is 18.0 Å². The van der Waals surface area contributed by atoms with Crippen LogP contribution in [-0.4, -0.2) is 18.6 Å². The Kier molecular flexibility index (Phi) is 4.45. The van der Waals surface area contributed by atoms with Crippen LogP contribution in [-0.2, 0) is 11.0 Å². The van der Waals surface area contributed by atoms with Crippen LogP contribution >= 0.6 is 11.6 Å². The van der Waals surface area contributed by atoms with Gasteiger partial charge in [-0.3, -0.25) is 4.79 Å². The van der Waals surface area contributed by atoms with Gasteiger partial charge in [-0.1, -0.05) is 18.0 Å². The lowest BCUT2D eigenvalue weighted by Gasteiger charge is -2.22. The minimum Gasteiger partial charge on any atom is -0.484 e. The van der Waals surface area contributed by atoms with Crippen molar-refractivity contribution in [2.45, 2.75) is 37.9 Å². The van der Waals surface area contributed by atoms with E-state index >= 15 is 0 Å². The number of rotatable bonds is 4. The highest BCUT2D eigenvalue weighted by molar-refractivity contribution is 6.31. The van der Waals surface area contributed by atoms with Gasteiger partial charge in [0.15, 0.2) is 6.61 Å². The van der Waals surface area contributed by atoms with Crippen LogP contribution < -0.4 is 10.1 Å². The van der Waals surface area contributed by atoms with Gasteiger partial charge in [-0.2, -0.15) is 13.2 Å². The van der Waals surface area contributed by atoms with Crippen LogP contribution in [0, 0.1) is 11.8 Å². The third-order valence-corrected chi connectivity index (χ3v) is 5.03. The average Bonchev–Trinajstić information content (AvgIpc) is 3.07. The van der Waals surface area contributed by atoms with E-state index in [0.717, 1.165) is 31.4 Å². The SMILES string of the molecule is O=C(COc1ccc(Cl)c(C(F)(F)F)c1)N[C@H]1C[C@H]2CC[C@@H]1C2. The minimum absolute atomic E-state index is 0.0233. The van der Waals surface area contributed by atoms with Crippen molar-refractivity contribution in [2.24, 2.45) is 11.8 Å². The van der Waals surface area contributed by atoms with Crippen LogP contribution in [0.15, 0.2) is 18.2 Å². The first kappa shape index (κ1) is 16.4. The molecular formula is C16H17ClF3NO2. The molecule has 2 saturated carbocycles. The van der Waals surface area contributed by atoms with Crippen molar-refractivity contribution in [3.63, 3.8) is 0 Å². The lowest BCUT2D eigenvalue weighted by molar-refractivity contribution is -0.137. The first-order chi connectivity index (χ1) is 10.8. The first-order valence-corrected chi connectivity index (χ1v) is 7.99. The summed E-state index contributed by atoms with van der Waals surface area (Å²) in [6.45, 7) is -0.299. The van der Waals surface area contributed by atoms with Crippen molar-refractivity contribution in [3.8, 4) is 5.75 Å². The predicted molar refractivity (Wildman–Crippen MR) is 79.3 cm³/mol. The number of amides is 1. The first-order valence-electron chi connectivity index (χ1n) is 7.62.